The lowest BCUT2D eigenvalue weighted by Gasteiger charge is -2.22. The Morgan fingerprint density at radius 2 is 2.00 bits per heavy atom. The summed E-state index contributed by atoms with van der Waals surface area (Å²) in [6.07, 6.45) is 5.40. The number of aliphatic hydroxyl groups excluding tert-OH is 1. The Hall–Kier alpha value is -0.860. The molecule has 16 heavy (non-hydrogen) atoms. The number of aliphatic hydroxyl groups is 1. The van der Waals surface area contributed by atoms with Crippen LogP contribution in [0, 0.1) is 0 Å². The van der Waals surface area contributed by atoms with E-state index < -0.39 is 0 Å². The lowest BCUT2D eigenvalue weighted by molar-refractivity contribution is 0.125. The maximum Gasteiger partial charge on any atom is 0.0733 e. The molecule has 2 unspecified atom stereocenters. The van der Waals surface area contributed by atoms with Crippen LogP contribution < -0.4 is 5.32 Å². The monoisotopic (exact) mass is 219 g/mol. The summed E-state index contributed by atoms with van der Waals surface area (Å²) in [6, 6.07) is 10.5. The molecule has 0 aromatic heterocycles. The Labute approximate surface area is 97.7 Å². The predicted molar refractivity (Wildman–Crippen MR) is 66.4 cm³/mol. The Kier molecular flexibility index (Phi) is 4.37. The molecular formula is C14H21NO. The van der Waals surface area contributed by atoms with Crippen LogP contribution in [0.1, 0.15) is 31.2 Å². The average molecular weight is 219 g/mol. The molecule has 1 heterocycles. The third-order valence-corrected chi connectivity index (χ3v) is 3.35. The molecule has 2 atom stereocenters. The minimum absolute atomic E-state index is 0.250. The van der Waals surface area contributed by atoms with E-state index >= 15 is 0 Å². The van der Waals surface area contributed by atoms with Crippen LogP contribution in [0.2, 0.25) is 0 Å². The van der Waals surface area contributed by atoms with Gasteiger partial charge in [0.2, 0.25) is 0 Å². The Morgan fingerprint density at radius 1 is 1.19 bits per heavy atom. The van der Waals surface area contributed by atoms with Gasteiger partial charge in [-0.3, -0.25) is 0 Å². The molecule has 0 amide bonds. The fourth-order valence-electron chi connectivity index (χ4n) is 2.38. The van der Waals surface area contributed by atoms with Crippen molar-refractivity contribution in [3.63, 3.8) is 0 Å². The first-order valence-electron chi connectivity index (χ1n) is 6.31. The van der Waals surface area contributed by atoms with Crippen LogP contribution in [-0.2, 0) is 6.42 Å². The molecule has 2 nitrogen and oxygen atoms in total. The number of rotatable bonds is 3. The molecule has 2 rings (SSSR count). The Balaban J connectivity index is 1.89. The van der Waals surface area contributed by atoms with E-state index in [1.54, 1.807) is 0 Å². The van der Waals surface area contributed by atoms with E-state index in [9.17, 15) is 5.11 Å². The first kappa shape index (κ1) is 11.6. The zero-order valence-electron chi connectivity index (χ0n) is 9.73. The molecule has 0 bridgehead atoms. The normalized spacial score (nSPS) is 23.7. The van der Waals surface area contributed by atoms with Crippen LogP contribution in [0.25, 0.3) is 0 Å². The minimum Gasteiger partial charge on any atom is -0.391 e. The molecule has 1 aliphatic heterocycles. The van der Waals surface area contributed by atoms with E-state index in [1.165, 1.54) is 24.8 Å². The summed E-state index contributed by atoms with van der Waals surface area (Å²) in [7, 11) is 0. The zero-order chi connectivity index (χ0) is 11.2. The van der Waals surface area contributed by atoms with Crippen molar-refractivity contribution in [3.8, 4) is 0 Å². The van der Waals surface area contributed by atoms with Gasteiger partial charge >= 0.3 is 0 Å². The lowest BCUT2D eigenvalue weighted by Crippen LogP contribution is -2.40. The number of hydrogen-bond donors (Lipinski definition) is 2. The first-order valence-corrected chi connectivity index (χ1v) is 6.31. The van der Waals surface area contributed by atoms with Crippen LogP contribution in [0.3, 0.4) is 0 Å². The van der Waals surface area contributed by atoms with E-state index in [4.69, 9.17) is 0 Å². The fraction of sp³-hybridized carbons (Fsp3) is 0.571. The summed E-state index contributed by atoms with van der Waals surface area (Å²) in [5.41, 5.74) is 1.22. The van der Waals surface area contributed by atoms with Crippen molar-refractivity contribution >= 4 is 0 Å². The SMILES string of the molecule is OC(Cc1ccccc1)C1CCCCCN1. The third kappa shape index (κ3) is 3.32. The van der Waals surface area contributed by atoms with Gasteiger partial charge in [0.1, 0.15) is 0 Å². The van der Waals surface area contributed by atoms with Gasteiger partial charge in [0.25, 0.3) is 0 Å². The zero-order valence-corrected chi connectivity index (χ0v) is 9.73. The second kappa shape index (κ2) is 6.02. The largest absolute Gasteiger partial charge is 0.391 e. The van der Waals surface area contributed by atoms with Gasteiger partial charge < -0.3 is 10.4 Å². The molecular weight excluding hydrogens is 198 g/mol. The lowest BCUT2D eigenvalue weighted by atomic mass is 9.99. The molecule has 1 aromatic rings. The van der Waals surface area contributed by atoms with E-state index in [0.29, 0.717) is 0 Å². The van der Waals surface area contributed by atoms with Gasteiger partial charge in [0.05, 0.1) is 6.10 Å². The molecule has 0 spiro atoms. The van der Waals surface area contributed by atoms with Crippen molar-refractivity contribution in [1.29, 1.82) is 0 Å². The summed E-state index contributed by atoms with van der Waals surface area (Å²) in [6.45, 7) is 1.05. The average Bonchev–Trinajstić information content (AvgIpc) is 2.59. The van der Waals surface area contributed by atoms with E-state index in [0.717, 1.165) is 19.4 Å². The van der Waals surface area contributed by atoms with Gasteiger partial charge in [-0.25, -0.2) is 0 Å². The first-order chi connectivity index (χ1) is 7.86. The molecule has 1 aromatic carbocycles. The fourth-order valence-corrected chi connectivity index (χ4v) is 2.38. The Bertz CT molecular complexity index is 291. The maximum absolute atomic E-state index is 10.2. The molecule has 1 fully saturated rings. The predicted octanol–water partition coefficient (Wildman–Crippen LogP) is 2.12. The van der Waals surface area contributed by atoms with Gasteiger partial charge in [0, 0.05) is 6.04 Å². The van der Waals surface area contributed by atoms with Crippen molar-refractivity contribution in [3.05, 3.63) is 35.9 Å². The van der Waals surface area contributed by atoms with Crippen molar-refractivity contribution in [2.45, 2.75) is 44.2 Å². The highest BCUT2D eigenvalue weighted by Crippen LogP contribution is 2.14. The van der Waals surface area contributed by atoms with E-state index in [-0.39, 0.29) is 12.1 Å². The quantitative estimate of drug-likeness (QED) is 0.816. The molecule has 1 aliphatic rings. The Morgan fingerprint density at radius 3 is 2.81 bits per heavy atom. The van der Waals surface area contributed by atoms with Crippen molar-refractivity contribution < 1.29 is 5.11 Å². The molecule has 2 N–H and O–H groups in total. The molecule has 0 saturated carbocycles. The number of hydrogen-bond acceptors (Lipinski definition) is 2. The standard InChI is InChI=1S/C14H21NO/c16-14(11-12-7-3-1-4-8-12)13-9-5-2-6-10-15-13/h1,3-4,7-8,13-16H,2,5-6,9-11H2. The summed E-state index contributed by atoms with van der Waals surface area (Å²) < 4.78 is 0. The molecule has 0 aliphatic carbocycles. The summed E-state index contributed by atoms with van der Waals surface area (Å²) >= 11 is 0. The van der Waals surface area contributed by atoms with Crippen molar-refractivity contribution in [1.82, 2.24) is 5.32 Å². The molecule has 0 radical (unpaired) electrons. The summed E-state index contributed by atoms with van der Waals surface area (Å²) in [4.78, 5) is 0. The van der Waals surface area contributed by atoms with Crippen molar-refractivity contribution in [2.24, 2.45) is 0 Å². The van der Waals surface area contributed by atoms with E-state index in [2.05, 4.69) is 17.4 Å². The summed E-state index contributed by atoms with van der Waals surface area (Å²) in [5, 5.41) is 13.6. The van der Waals surface area contributed by atoms with Gasteiger partial charge in [-0.15, -0.1) is 0 Å². The smallest absolute Gasteiger partial charge is 0.0733 e. The number of nitrogens with one attached hydrogen (secondary N) is 1. The second-order valence-electron chi connectivity index (χ2n) is 4.67. The van der Waals surface area contributed by atoms with E-state index in [1.807, 2.05) is 18.2 Å². The highest BCUT2D eigenvalue weighted by Gasteiger charge is 2.20. The summed E-state index contributed by atoms with van der Waals surface area (Å²) in [5.74, 6) is 0. The van der Waals surface area contributed by atoms with Gasteiger partial charge in [-0.05, 0) is 31.4 Å². The van der Waals surface area contributed by atoms with Gasteiger partial charge in [-0.1, -0.05) is 43.2 Å². The van der Waals surface area contributed by atoms with Crippen LogP contribution in [-0.4, -0.2) is 23.8 Å². The molecule has 1 saturated heterocycles. The highest BCUT2D eigenvalue weighted by molar-refractivity contribution is 5.15. The van der Waals surface area contributed by atoms with Crippen molar-refractivity contribution in [2.75, 3.05) is 6.54 Å². The third-order valence-electron chi connectivity index (χ3n) is 3.35. The van der Waals surface area contributed by atoms with Crippen LogP contribution >= 0.6 is 0 Å². The minimum atomic E-state index is -0.250. The van der Waals surface area contributed by atoms with Crippen LogP contribution in [0.4, 0.5) is 0 Å². The van der Waals surface area contributed by atoms with Crippen LogP contribution in [0.15, 0.2) is 30.3 Å². The molecule has 2 heteroatoms. The topological polar surface area (TPSA) is 32.3 Å². The van der Waals surface area contributed by atoms with Gasteiger partial charge in [0.15, 0.2) is 0 Å². The second-order valence-corrected chi connectivity index (χ2v) is 4.67. The van der Waals surface area contributed by atoms with Gasteiger partial charge in [-0.2, -0.15) is 0 Å². The highest BCUT2D eigenvalue weighted by atomic mass is 16.3. The maximum atomic E-state index is 10.2. The molecule has 88 valence electrons. The van der Waals surface area contributed by atoms with Crippen LogP contribution in [0.5, 0.6) is 0 Å². The number of benzene rings is 1.